The molecule has 3 aliphatic rings. The zero-order valence-electron chi connectivity index (χ0n) is 14.3. The van der Waals surface area contributed by atoms with E-state index in [4.69, 9.17) is 4.74 Å². The summed E-state index contributed by atoms with van der Waals surface area (Å²) in [6.45, 7) is 2.19. The lowest BCUT2D eigenvalue weighted by Gasteiger charge is -2.41. The van der Waals surface area contributed by atoms with E-state index in [-0.39, 0.29) is 36.2 Å². The quantitative estimate of drug-likeness (QED) is 0.857. The van der Waals surface area contributed by atoms with Crippen LogP contribution in [0.5, 0.6) is 0 Å². The van der Waals surface area contributed by atoms with Gasteiger partial charge >= 0.3 is 6.18 Å². The van der Waals surface area contributed by atoms with E-state index in [1.807, 2.05) is 0 Å². The smallest absolute Gasteiger partial charge is 0.381 e. The van der Waals surface area contributed by atoms with Gasteiger partial charge in [0.15, 0.2) is 6.04 Å². The van der Waals surface area contributed by atoms with Crippen LogP contribution in [0.25, 0.3) is 0 Å². The molecule has 2 saturated heterocycles. The van der Waals surface area contributed by atoms with E-state index in [2.05, 4.69) is 15.4 Å². The molecular weight excluding hydrogens is 351 g/mol. The van der Waals surface area contributed by atoms with Gasteiger partial charge in [-0.3, -0.25) is 4.79 Å². The van der Waals surface area contributed by atoms with Crippen LogP contribution in [0.1, 0.15) is 31.7 Å². The highest BCUT2D eigenvalue weighted by Crippen LogP contribution is 2.41. The van der Waals surface area contributed by atoms with Gasteiger partial charge in [0.25, 0.3) is 0 Å². The Morgan fingerprint density at radius 1 is 1.35 bits per heavy atom. The van der Waals surface area contributed by atoms with Crippen molar-refractivity contribution < 1.29 is 22.7 Å². The highest BCUT2D eigenvalue weighted by Gasteiger charge is 2.48. The summed E-state index contributed by atoms with van der Waals surface area (Å²) < 4.78 is 46.6. The molecule has 4 heterocycles. The Morgan fingerprint density at radius 2 is 2.19 bits per heavy atom. The van der Waals surface area contributed by atoms with E-state index < -0.39 is 12.2 Å². The Hall–Kier alpha value is -1.84. The number of carbonyl (C=O) groups excluding carboxylic acids is 1. The van der Waals surface area contributed by atoms with Crippen LogP contribution in [-0.2, 0) is 9.53 Å². The topological polar surface area (TPSA) is 72.3 Å². The lowest BCUT2D eigenvalue weighted by atomic mass is 9.85. The molecule has 10 heteroatoms. The number of nitrogens with one attached hydrogen (secondary N) is 1. The maximum atomic E-state index is 13.5. The minimum absolute atomic E-state index is 0.0367. The maximum Gasteiger partial charge on any atom is 0.411 e. The van der Waals surface area contributed by atoms with Gasteiger partial charge in [0.2, 0.25) is 11.9 Å². The number of piperidine rings is 1. The Kier molecular flexibility index (Phi) is 4.54. The molecule has 7 nitrogen and oxygen atoms in total. The molecule has 3 aliphatic heterocycles. The lowest BCUT2D eigenvalue weighted by molar-refractivity contribution is -0.175. The van der Waals surface area contributed by atoms with E-state index in [1.165, 1.54) is 0 Å². The molecule has 1 aromatic heterocycles. The molecule has 0 spiro atoms. The molecule has 4 rings (SSSR count). The molecule has 4 atom stereocenters. The van der Waals surface area contributed by atoms with Crippen molar-refractivity contribution in [1.29, 1.82) is 0 Å². The third-order valence-electron chi connectivity index (χ3n) is 5.66. The first kappa shape index (κ1) is 17.6. The number of rotatable bonds is 2. The number of hydrogen-bond donors (Lipinski definition) is 1. The van der Waals surface area contributed by atoms with Crippen molar-refractivity contribution in [2.24, 2.45) is 11.8 Å². The second-order valence-corrected chi connectivity index (χ2v) is 7.32. The SMILES string of the molecule is O=C(C1CCOC1)N1CCCC([C@@H]2C[C@H](C(F)(F)F)n3ncnc3N2)C1. The molecule has 0 saturated carbocycles. The van der Waals surface area contributed by atoms with Crippen molar-refractivity contribution in [1.82, 2.24) is 19.7 Å². The van der Waals surface area contributed by atoms with E-state index >= 15 is 0 Å². The highest BCUT2D eigenvalue weighted by molar-refractivity contribution is 5.79. The van der Waals surface area contributed by atoms with Crippen LogP contribution in [0.15, 0.2) is 6.33 Å². The highest BCUT2D eigenvalue weighted by atomic mass is 19.4. The van der Waals surface area contributed by atoms with Gasteiger partial charge in [-0.1, -0.05) is 0 Å². The first-order valence-electron chi connectivity index (χ1n) is 9.03. The van der Waals surface area contributed by atoms with E-state index in [0.717, 1.165) is 30.3 Å². The number of ether oxygens (including phenoxy) is 1. The van der Waals surface area contributed by atoms with Crippen LogP contribution < -0.4 is 5.32 Å². The minimum atomic E-state index is -4.38. The number of alkyl halides is 3. The summed E-state index contributed by atoms with van der Waals surface area (Å²) in [5, 5.41) is 6.83. The average Bonchev–Trinajstić information content (AvgIpc) is 3.31. The van der Waals surface area contributed by atoms with Crippen LogP contribution >= 0.6 is 0 Å². The first-order chi connectivity index (χ1) is 12.4. The van der Waals surface area contributed by atoms with Crippen LogP contribution in [0.4, 0.5) is 19.1 Å². The third-order valence-corrected chi connectivity index (χ3v) is 5.66. The summed E-state index contributed by atoms with van der Waals surface area (Å²) in [5.41, 5.74) is 0. The normalized spacial score (nSPS) is 32.2. The van der Waals surface area contributed by atoms with Gasteiger partial charge in [0.05, 0.1) is 12.5 Å². The molecule has 0 aromatic carbocycles. The fourth-order valence-corrected chi connectivity index (χ4v) is 4.26. The van der Waals surface area contributed by atoms with Crippen LogP contribution in [0.2, 0.25) is 0 Å². The summed E-state index contributed by atoms with van der Waals surface area (Å²) in [7, 11) is 0. The zero-order valence-corrected chi connectivity index (χ0v) is 14.3. The maximum absolute atomic E-state index is 13.5. The fraction of sp³-hybridized carbons (Fsp3) is 0.812. The van der Waals surface area contributed by atoms with Crippen molar-refractivity contribution in [2.75, 3.05) is 31.6 Å². The molecule has 0 bridgehead atoms. The van der Waals surface area contributed by atoms with Gasteiger partial charge in [-0.15, -0.1) is 0 Å². The van der Waals surface area contributed by atoms with Crippen LogP contribution in [0.3, 0.4) is 0 Å². The van der Waals surface area contributed by atoms with Crippen molar-refractivity contribution >= 4 is 11.9 Å². The second kappa shape index (κ2) is 6.71. The zero-order chi connectivity index (χ0) is 18.3. The molecule has 1 amide bonds. The fourth-order valence-electron chi connectivity index (χ4n) is 4.26. The first-order valence-corrected chi connectivity index (χ1v) is 9.03. The molecule has 1 aromatic rings. The monoisotopic (exact) mass is 373 g/mol. The number of aromatic nitrogens is 3. The minimum Gasteiger partial charge on any atom is -0.381 e. The number of halogens is 3. The molecular formula is C16H22F3N5O2. The molecule has 0 aliphatic carbocycles. The summed E-state index contributed by atoms with van der Waals surface area (Å²) >= 11 is 0. The number of fused-ring (bicyclic) bond motifs is 1. The van der Waals surface area contributed by atoms with E-state index in [1.54, 1.807) is 4.90 Å². The number of hydrogen-bond acceptors (Lipinski definition) is 5. The van der Waals surface area contributed by atoms with Gasteiger partial charge < -0.3 is 15.0 Å². The standard InChI is InChI=1S/C16H22F3N5O2/c17-16(18,19)13-6-12(22-15-20-9-21-24(13)15)10-2-1-4-23(7-10)14(25)11-3-5-26-8-11/h9-13H,1-8H2,(H,20,21,22)/t10?,11?,12-,13+/m0/s1. The number of carbonyl (C=O) groups is 1. The summed E-state index contributed by atoms with van der Waals surface area (Å²) in [5.74, 6) is 0.0687. The number of nitrogens with zero attached hydrogens (tertiary/aromatic N) is 4. The number of likely N-dealkylation sites (tertiary alicyclic amines) is 1. The van der Waals surface area contributed by atoms with Crippen LogP contribution in [0, 0.1) is 11.8 Å². The van der Waals surface area contributed by atoms with Gasteiger partial charge in [-0.05, 0) is 31.6 Å². The van der Waals surface area contributed by atoms with Crippen molar-refractivity contribution in [3.8, 4) is 0 Å². The van der Waals surface area contributed by atoms with Gasteiger partial charge in [0.1, 0.15) is 6.33 Å². The van der Waals surface area contributed by atoms with Crippen LogP contribution in [-0.4, -0.2) is 64.1 Å². The summed E-state index contributed by atoms with van der Waals surface area (Å²) in [6.07, 6.45) is -1.03. The summed E-state index contributed by atoms with van der Waals surface area (Å²) in [4.78, 5) is 18.4. The largest absolute Gasteiger partial charge is 0.411 e. The van der Waals surface area contributed by atoms with E-state index in [9.17, 15) is 18.0 Å². The lowest BCUT2D eigenvalue weighted by Crippen LogP contribution is -2.50. The molecule has 1 N–H and O–H groups in total. The Labute approximate surface area is 148 Å². The predicted octanol–water partition coefficient (Wildman–Crippen LogP) is 1.84. The third kappa shape index (κ3) is 3.26. The number of anilines is 1. The molecule has 2 fully saturated rings. The van der Waals surface area contributed by atoms with Crippen molar-refractivity contribution in [2.45, 2.75) is 43.9 Å². The molecule has 2 unspecified atom stereocenters. The molecule has 0 radical (unpaired) electrons. The van der Waals surface area contributed by atoms with Crippen molar-refractivity contribution in [3.05, 3.63) is 6.33 Å². The van der Waals surface area contributed by atoms with Gasteiger partial charge in [-0.25, -0.2) is 4.68 Å². The van der Waals surface area contributed by atoms with E-state index in [0.29, 0.717) is 26.3 Å². The molecule has 26 heavy (non-hydrogen) atoms. The Balaban J connectivity index is 1.48. The Bertz CT molecular complexity index is 659. The second-order valence-electron chi connectivity index (χ2n) is 7.32. The van der Waals surface area contributed by atoms with Gasteiger partial charge in [0, 0.05) is 25.7 Å². The number of amides is 1. The summed E-state index contributed by atoms with van der Waals surface area (Å²) in [6, 6.07) is -2.06. The van der Waals surface area contributed by atoms with Gasteiger partial charge in [-0.2, -0.15) is 23.3 Å². The predicted molar refractivity (Wildman–Crippen MR) is 85.4 cm³/mol. The molecule has 144 valence electrons. The van der Waals surface area contributed by atoms with Crippen molar-refractivity contribution in [3.63, 3.8) is 0 Å². The average molecular weight is 373 g/mol. The Morgan fingerprint density at radius 3 is 2.92 bits per heavy atom.